The molecule has 0 unspecified atom stereocenters. The number of aromatic nitrogens is 1. The van der Waals surface area contributed by atoms with Gasteiger partial charge in [0.25, 0.3) is 5.91 Å². The summed E-state index contributed by atoms with van der Waals surface area (Å²) < 4.78 is 0. The Hall–Kier alpha value is -1.60. The van der Waals surface area contributed by atoms with Crippen LogP contribution in [0.15, 0.2) is 23.4 Å². The van der Waals surface area contributed by atoms with Gasteiger partial charge in [0.2, 0.25) is 0 Å². The van der Waals surface area contributed by atoms with Crippen molar-refractivity contribution in [3.63, 3.8) is 0 Å². The molecule has 0 aliphatic carbocycles. The standard InChI is InChI=1S/C12H14N2O4S/c1-19-10-8(3-2-4-13-10)11(16)14-6-7(15)5-9(14)12(17)18/h2-4,7,9,15H,5-6H2,1H3,(H,17,18)/t7-,9-/m0/s1. The number of hydrogen-bond acceptors (Lipinski definition) is 5. The average Bonchev–Trinajstić information content (AvgIpc) is 2.80. The van der Waals surface area contributed by atoms with Gasteiger partial charge in [-0.2, -0.15) is 0 Å². The Labute approximate surface area is 114 Å². The van der Waals surface area contributed by atoms with Crippen molar-refractivity contribution >= 4 is 23.6 Å². The van der Waals surface area contributed by atoms with Crippen molar-refractivity contribution < 1.29 is 19.8 Å². The summed E-state index contributed by atoms with van der Waals surface area (Å²) >= 11 is 1.32. The number of aliphatic hydroxyl groups is 1. The van der Waals surface area contributed by atoms with Crippen molar-refractivity contribution in [1.82, 2.24) is 9.88 Å². The minimum atomic E-state index is -1.10. The SMILES string of the molecule is CSc1ncccc1C(=O)N1C[C@@H](O)C[C@H]1C(=O)O. The molecular weight excluding hydrogens is 268 g/mol. The highest BCUT2D eigenvalue weighted by Crippen LogP contribution is 2.24. The number of amides is 1. The largest absolute Gasteiger partial charge is 0.480 e. The molecule has 0 aromatic carbocycles. The van der Waals surface area contributed by atoms with Crippen LogP contribution in [-0.4, -0.2) is 56.9 Å². The van der Waals surface area contributed by atoms with Crippen molar-refractivity contribution in [3.8, 4) is 0 Å². The summed E-state index contributed by atoms with van der Waals surface area (Å²) in [5.41, 5.74) is 0.371. The third-order valence-corrected chi connectivity index (χ3v) is 3.73. The molecule has 1 saturated heterocycles. The predicted molar refractivity (Wildman–Crippen MR) is 69.1 cm³/mol. The summed E-state index contributed by atoms with van der Waals surface area (Å²) in [6.45, 7) is 0.0402. The molecular formula is C12H14N2O4S. The van der Waals surface area contributed by atoms with Gasteiger partial charge in [0.05, 0.1) is 11.7 Å². The molecule has 2 heterocycles. The molecule has 1 aromatic rings. The topological polar surface area (TPSA) is 90.7 Å². The normalized spacial score (nSPS) is 22.5. The number of carboxylic acid groups (broad SMARTS) is 1. The molecule has 0 spiro atoms. The number of rotatable bonds is 3. The number of β-amino-alcohol motifs (C(OH)–C–C–N with tert-alkyl or cyclic N) is 1. The van der Waals surface area contributed by atoms with E-state index in [1.54, 1.807) is 24.6 Å². The van der Waals surface area contributed by atoms with Gasteiger partial charge in [0, 0.05) is 19.2 Å². The third kappa shape index (κ3) is 2.71. The molecule has 1 aliphatic rings. The maximum Gasteiger partial charge on any atom is 0.326 e. The fraction of sp³-hybridized carbons (Fsp3) is 0.417. The highest BCUT2D eigenvalue weighted by atomic mass is 32.2. The maximum atomic E-state index is 12.4. The summed E-state index contributed by atoms with van der Waals surface area (Å²) in [5, 5.41) is 19.2. The highest BCUT2D eigenvalue weighted by Gasteiger charge is 2.39. The second-order valence-corrected chi connectivity index (χ2v) is 5.06. The molecule has 1 amide bonds. The van der Waals surface area contributed by atoms with Crippen molar-refractivity contribution in [1.29, 1.82) is 0 Å². The Morgan fingerprint density at radius 3 is 2.89 bits per heavy atom. The molecule has 1 aliphatic heterocycles. The number of thioether (sulfide) groups is 1. The van der Waals surface area contributed by atoms with E-state index in [9.17, 15) is 14.7 Å². The lowest BCUT2D eigenvalue weighted by molar-refractivity contribution is -0.141. The average molecular weight is 282 g/mol. The number of aliphatic carboxylic acids is 1. The Bertz CT molecular complexity index is 508. The lowest BCUT2D eigenvalue weighted by Gasteiger charge is -2.21. The smallest absolute Gasteiger partial charge is 0.326 e. The Morgan fingerprint density at radius 1 is 1.53 bits per heavy atom. The van der Waals surface area contributed by atoms with Crippen LogP contribution in [0.4, 0.5) is 0 Å². The molecule has 7 heteroatoms. The van der Waals surface area contributed by atoms with Crippen LogP contribution in [0.1, 0.15) is 16.8 Å². The molecule has 1 fully saturated rings. The van der Waals surface area contributed by atoms with Gasteiger partial charge in [-0.15, -0.1) is 11.8 Å². The van der Waals surface area contributed by atoms with Gasteiger partial charge in [-0.25, -0.2) is 9.78 Å². The number of nitrogens with zero attached hydrogens (tertiary/aromatic N) is 2. The fourth-order valence-corrected chi connectivity index (χ4v) is 2.68. The molecule has 6 nitrogen and oxygen atoms in total. The van der Waals surface area contributed by atoms with Gasteiger partial charge < -0.3 is 15.1 Å². The first kappa shape index (κ1) is 13.8. The van der Waals surface area contributed by atoms with Crippen LogP contribution in [0.2, 0.25) is 0 Å². The summed E-state index contributed by atoms with van der Waals surface area (Å²) in [5.74, 6) is -1.50. The van der Waals surface area contributed by atoms with Gasteiger partial charge in [-0.3, -0.25) is 4.79 Å². The van der Waals surface area contributed by atoms with Crippen LogP contribution in [0, 0.1) is 0 Å². The first-order chi connectivity index (χ1) is 9.04. The van der Waals surface area contributed by atoms with E-state index in [0.717, 1.165) is 0 Å². The van der Waals surface area contributed by atoms with Crippen LogP contribution < -0.4 is 0 Å². The number of pyridine rings is 1. The van der Waals surface area contributed by atoms with E-state index >= 15 is 0 Å². The van der Waals surface area contributed by atoms with Gasteiger partial charge >= 0.3 is 5.97 Å². The number of carbonyl (C=O) groups is 2. The second kappa shape index (κ2) is 5.58. The zero-order valence-corrected chi connectivity index (χ0v) is 11.1. The van der Waals surface area contributed by atoms with E-state index in [1.165, 1.54) is 16.7 Å². The van der Waals surface area contributed by atoms with E-state index in [1.807, 2.05) is 0 Å². The summed E-state index contributed by atoms with van der Waals surface area (Å²) in [6.07, 6.45) is 2.65. The maximum absolute atomic E-state index is 12.4. The molecule has 2 atom stereocenters. The van der Waals surface area contributed by atoms with E-state index in [4.69, 9.17) is 5.11 Å². The van der Waals surface area contributed by atoms with Gasteiger partial charge in [0.1, 0.15) is 11.1 Å². The summed E-state index contributed by atoms with van der Waals surface area (Å²) in [7, 11) is 0. The number of carboxylic acids is 1. The minimum Gasteiger partial charge on any atom is -0.480 e. The van der Waals surface area contributed by atoms with Crippen molar-refractivity contribution in [2.24, 2.45) is 0 Å². The van der Waals surface area contributed by atoms with E-state index in [2.05, 4.69) is 4.98 Å². The first-order valence-corrected chi connectivity index (χ1v) is 6.98. The minimum absolute atomic E-state index is 0.0402. The van der Waals surface area contributed by atoms with Crippen molar-refractivity contribution in [3.05, 3.63) is 23.9 Å². The zero-order chi connectivity index (χ0) is 14.0. The highest BCUT2D eigenvalue weighted by molar-refractivity contribution is 7.98. The number of carbonyl (C=O) groups excluding carboxylic acids is 1. The van der Waals surface area contributed by atoms with E-state index < -0.39 is 24.0 Å². The van der Waals surface area contributed by atoms with Crippen LogP contribution in [0.5, 0.6) is 0 Å². The van der Waals surface area contributed by atoms with Gasteiger partial charge in [0.15, 0.2) is 0 Å². The van der Waals surface area contributed by atoms with Crippen molar-refractivity contribution in [2.75, 3.05) is 12.8 Å². The summed E-state index contributed by atoms with van der Waals surface area (Å²) in [6, 6.07) is 2.28. The van der Waals surface area contributed by atoms with E-state index in [-0.39, 0.29) is 13.0 Å². The monoisotopic (exact) mass is 282 g/mol. The van der Waals surface area contributed by atoms with Crippen LogP contribution in [0.3, 0.4) is 0 Å². The zero-order valence-electron chi connectivity index (χ0n) is 10.3. The molecule has 1 aromatic heterocycles. The molecule has 19 heavy (non-hydrogen) atoms. The van der Waals surface area contributed by atoms with Crippen LogP contribution in [-0.2, 0) is 4.79 Å². The second-order valence-electron chi connectivity index (χ2n) is 4.26. The predicted octanol–water partition coefficient (Wildman–Crippen LogP) is 0.463. The van der Waals surface area contributed by atoms with Crippen LogP contribution >= 0.6 is 11.8 Å². The Morgan fingerprint density at radius 2 is 2.26 bits per heavy atom. The lowest BCUT2D eigenvalue weighted by atomic mass is 10.2. The quantitative estimate of drug-likeness (QED) is 0.783. The molecule has 0 radical (unpaired) electrons. The van der Waals surface area contributed by atoms with E-state index in [0.29, 0.717) is 10.6 Å². The number of hydrogen-bond donors (Lipinski definition) is 2. The number of aliphatic hydroxyl groups excluding tert-OH is 1. The van der Waals surface area contributed by atoms with Crippen LogP contribution in [0.25, 0.3) is 0 Å². The number of likely N-dealkylation sites (tertiary alicyclic amines) is 1. The molecule has 2 N–H and O–H groups in total. The molecule has 2 rings (SSSR count). The first-order valence-electron chi connectivity index (χ1n) is 5.75. The Balaban J connectivity index is 2.30. The molecule has 0 saturated carbocycles. The molecule has 0 bridgehead atoms. The van der Waals surface area contributed by atoms with Crippen molar-refractivity contribution in [2.45, 2.75) is 23.6 Å². The summed E-state index contributed by atoms with van der Waals surface area (Å²) in [4.78, 5) is 28.8. The lowest BCUT2D eigenvalue weighted by Crippen LogP contribution is -2.40. The third-order valence-electron chi connectivity index (χ3n) is 3.02. The van der Waals surface area contributed by atoms with Gasteiger partial charge in [-0.1, -0.05) is 0 Å². The van der Waals surface area contributed by atoms with Gasteiger partial charge in [-0.05, 0) is 18.4 Å². The fourth-order valence-electron chi connectivity index (χ4n) is 2.14. The Kier molecular flexibility index (Phi) is 4.06. The molecule has 102 valence electrons.